The highest BCUT2D eigenvalue weighted by molar-refractivity contribution is 7.08. The summed E-state index contributed by atoms with van der Waals surface area (Å²) in [4.78, 5) is 14.8. The summed E-state index contributed by atoms with van der Waals surface area (Å²) >= 11 is 1.19. The van der Waals surface area contributed by atoms with Gasteiger partial charge >= 0.3 is 0 Å². The van der Waals surface area contributed by atoms with Gasteiger partial charge in [-0.25, -0.2) is 0 Å². The third kappa shape index (κ3) is 1.94. The predicted octanol–water partition coefficient (Wildman–Crippen LogP) is 0.664. The molecule has 1 saturated heterocycles. The zero-order valence-electron chi connectivity index (χ0n) is 9.35. The number of carbonyl (C=O) groups excluding carboxylic acids is 1. The molecule has 1 aliphatic rings. The third-order valence-electron chi connectivity index (χ3n) is 2.99. The molecule has 6 heteroatoms. The number of amides is 1. The van der Waals surface area contributed by atoms with Crippen LogP contribution in [0.4, 0.5) is 0 Å². The van der Waals surface area contributed by atoms with Crippen LogP contribution in [0.2, 0.25) is 0 Å². The Bertz CT molecular complexity index is 379. The third-order valence-corrected chi connectivity index (χ3v) is 3.75. The summed E-state index contributed by atoms with van der Waals surface area (Å²) in [5.74, 6) is 0.0554. The Morgan fingerprint density at radius 2 is 2.50 bits per heavy atom. The highest BCUT2D eigenvalue weighted by Crippen LogP contribution is 2.22. The van der Waals surface area contributed by atoms with Crippen LogP contribution in [-0.4, -0.2) is 39.5 Å². The van der Waals surface area contributed by atoms with Crippen molar-refractivity contribution < 1.29 is 4.79 Å². The van der Waals surface area contributed by atoms with Gasteiger partial charge in [0, 0.05) is 19.1 Å². The van der Waals surface area contributed by atoms with Crippen LogP contribution in [0.15, 0.2) is 0 Å². The summed E-state index contributed by atoms with van der Waals surface area (Å²) in [6, 6.07) is 0.194. The minimum atomic E-state index is 0.0554. The molecule has 1 aromatic heterocycles. The molecule has 1 fully saturated rings. The molecule has 1 unspecified atom stereocenters. The molecule has 0 bridgehead atoms. The van der Waals surface area contributed by atoms with Crippen molar-refractivity contribution in [2.24, 2.45) is 5.73 Å². The number of nitrogens with two attached hydrogens (primary N) is 1. The fourth-order valence-corrected chi connectivity index (χ4v) is 2.79. The Balaban J connectivity index is 2.18. The summed E-state index contributed by atoms with van der Waals surface area (Å²) in [7, 11) is 0. The lowest BCUT2D eigenvalue weighted by Crippen LogP contribution is -2.39. The highest BCUT2D eigenvalue weighted by Gasteiger charge is 2.30. The quantitative estimate of drug-likeness (QED) is 0.842. The van der Waals surface area contributed by atoms with Crippen LogP contribution in [0.25, 0.3) is 0 Å². The number of aryl methyl sites for hydroxylation is 1. The van der Waals surface area contributed by atoms with Crippen molar-refractivity contribution in [3.63, 3.8) is 0 Å². The number of aromatic nitrogens is 2. The van der Waals surface area contributed by atoms with Gasteiger partial charge in [0.2, 0.25) is 0 Å². The van der Waals surface area contributed by atoms with Crippen molar-refractivity contribution in [3.05, 3.63) is 10.6 Å². The van der Waals surface area contributed by atoms with Crippen LogP contribution in [0.1, 0.15) is 35.1 Å². The summed E-state index contributed by atoms with van der Waals surface area (Å²) in [6.07, 6.45) is 2.80. The van der Waals surface area contributed by atoms with E-state index in [1.165, 1.54) is 11.5 Å². The maximum atomic E-state index is 12.3. The van der Waals surface area contributed by atoms with Gasteiger partial charge in [0.25, 0.3) is 5.91 Å². The van der Waals surface area contributed by atoms with E-state index in [9.17, 15) is 4.79 Å². The lowest BCUT2D eigenvalue weighted by Gasteiger charge is -2.22. The Labute approximate surface area is 98.8 Å². The van der Waals surface area contributed by atoms with Crippen molar-refractivity contribution in [3.8, 4) is 0 Å². The molecule has 0 spiro atoms. The molecule has 5 nitrogen and oxygen atoms in total. The van der Waals surface area contributed by atoms with Crippen LogP contribution < -0.4 is 5.73 Å². The van der Waals surface area contributed by atoms with Crippen LogP contribution in [0, 0.1) is 0 Å². The van der Waals surface area contributed by atoms with Gasteiger partial charge in [0.05, 0.1) is 5.69 Å². The fourth-order valence-electron chi connectivity index (χ4n) is 2.08. The smallest absolute Gasteiger partial charge is 0.267 e. The first-order chi connectivity index (χ1) is 7.77. The van der Waals surface area contributed by atoms with E-state index >= 15 is 0 Å². The maximum Gasteiger partial charge on any atom is 0.267 e. The van der Waals surface area contributed by atoms with Gasteiger partial charge in [0.1, 0.15) is 4.88 Å². The van der Waals surface area contributed by atoms with E-state index in [2.05, 4.69) is 9.59 Å². The Morgan fingerprint density at radius 3 is 3.19 bits per heavy atom. The van der Waals surface area contributed by atoms with E-state index in [0.717, 1.165) is 31.5 Å². The molecule has 1 atom stereocenters. The average Bonchev–Trinajstić information content (AvgIpc) is 2.96. The van der Waals surface area contributed by atoms with Crippen molar-refractivity contribution in [2.45, 2.75) is 32.2 Å². The number of rotatable bonds is 3. The molecule has 1 aliphatic heterocycles. The second-order valence-corrected chi connectivity index (χ2v) is 4.69. The topological polar surface area (TPSA) is 72.1 Å². The Hall–Kier alpha value is -1.01. The minimum Gasteiger partial charge on any atom is -0.334 e. The van der Waals surface area contributed by atoms with Crippen molar-refractivity contribution in [1.29, 1.82) is 0 Å². The Kier molecular flexibility index (Phi) is 3.50. The lowest BCUT2D eigenvalue weighted by molar-refractivity contribution is 0.0745. The number of likely N-dealkylation sites (tertiary alicyclic amines) is 1. The van der Waals surface area contributed by atoms with Gasteiger partial charge in [-0.2, -0.15) is 0 Å². The first-order valence-electron chi connectivity index (χ1n) is 5.60. The summed E-state index contributed by atoms with van der Waals surface area (Å²) < 4.78 is 3.85. The molecule has 0 aliphatic carbocycles. The molecule has 88 valence electrons. The van der Waals surface area contributed by atoms with Gasteiger partial charge in [0.15, 0.2) is 0 Å². The van der Waals surface area contributed by atoms with Gasteiger partial charge in [-0.15, -0.1) is 5.10 Å². The van der Waals surface area contributed by atoms with Crippen molar-refractivity contribution in [2.75, 3.05) is 13.1 Å². The molecule has 0 radical (unpaired) electrons. The van der Waals surface area contributed by atoms with Gasteiger partial charge in [-0.3, -0.25) is 4.79 Å². The van der Waals surface area contributed by atoms with E-state index < -0.39 is 0 Å². The first-order valence-corrected chi connectivity index (χ1v) is 6.37. The standard InChI is InChI=1S/C10H16N4OS/c1-2-8-9(16-13-12-8)10(15)14-5-3-4-7(14)6-11/h7H,2-6,11H2,1H3. The SMILES string of the molecule is CCc1nnsc1C(=O)N1CCCC1CN. The van der Waals surface area contributed by atoms with Gasteiger partial charge in [-0.05, 0) is 30.8 Å². The van der Waals surface area contributed by atoms with E-state index in [4.69, 9.17) is 5.73 Å². The molecule has 0 saturated carbocycles. The number of hydrogen-bond donors (Lipinski definition) is 1. The van der Waals surface area contributed by atoms with Crippen LogP contribution in [0.5, 0.6) is 0 Å². The molecule has 1 aromatic rings. The van der Waals surface area contributed by atoms with Gasteiger partial charge in [-0.1, -0.05) is 11.4 Å². The molecular weight excluding hydrogens is 224 g/mol. The summed E-state index contributed by atoms with van der Waals surface area (Å²) in [5, 5.41) is 3.97. The second-order valence-electron chi connectivity index (χ2n) is 3.93. The summed E-state index contributed by atoms with van der Waals surface area (Å²) in [5.41, 5.74) is 6.47. The molecule has 1 amide bonds. The van der Waals surface area contributed by atoms with Crippen LogP contribution >= 0.6 is 11.5 Å². The van der Waals surface area contributed by atoms with Crippen LogP contribution in [0.3, 0.4) is 0 Å². The highest BCUT2D eigenvalue weighted by atomic mass is 32.1. The van der Waals surface area contributed by atoms with E-state index in [-0.39, 0.29) is 11.9 Å². The summed E-state index contributed by atoms with van der Waals surface area (Å²) in [6.45, 7) is 3.33. The second kappa shape index (κ2) is 4.88. The van der Waals surface area contributed by atoms with Crippen LogP contribution in [-0.2, 0) is 6.42 Å². The Morgan fingerprint density at radius 1 is 1.69 bits per heavy atom. The van der Waals surface area contributed by atoms with Gasteiger partial charge < -0.3 is 10.6 Å². The monoisotopic (exact) mass is 240 g/mol. The molecule has 2 N–H and O–H groups in total. The minimum absolute atomic E-state index is 0.0554. The zero-order valence-corrected chi connectivity index (χ0v) is 10.2. The average molecular weight is 240 g/mol. The molecule has 2 heterocycles. The lowest BCUT2D eigenvalue weighted by atomic mass is 10.2. The zero-order chi connectivity index (χ0) is 11.5. The number of carbonyl (C=O) groups is 1. The predicted molar refractivity (Wildman–Crippen MR) is 62.4 cm³/mol. The maximum absolute atomic E-state index is 12.3. The number of nitrogens with zero attached hydrogens (tertiary/aromatic N) is 3. The molecule has 0 aromatic carbocycles. The molecule has 16 heavy (non-hydrogen) atoms. The molecular formula is C10H16N4OS. The largest absolute Gasteiger partial charge is 0.334 e. The van der Waals surface area contributed by atoms with Crippen molar-refractivity contribution >= 4 is 17.4 Å². The normalized spacial score (nSPS) is 20.4. The fraction of sp³-hybridized carbons (Fsp3) is 0.700. The van der Waals surface area contributed by atoms with E-state index in [0.29, 0.717) is 11.4 Å². The molecule has 2 rings (SSSR count). The van der Waals surface area contributed by atoms with E-state index in [1.807, 2.05) is 11.8 Å². The number of hydrogen-bond acceptors (Lipinski definition) is 5. The first kappa shape index (κ1) is 11.5. The van der Waals surface area contributed by atoms with E-state index in [1.54, 1.807) is 0 Å². The van der Waals surface area contributed by atoms with Crippen molar-refractivity contribution in [1.82, 2.24) is 14.5 Å².